The van der Waals surface area contributed by atoms with Gasteiger partial charge in [0.1, 0.15) is 0 Å². The summed E-state index contributed by atoms with van der Waals surface area (Å²) in [5.41, 5.74) is 0.963. The van der Waals surface area contributed by atoms with E-state index in [4.69, 9.17) is 4.74 Å². The number of hydrogen-bond donors (Lipinski definition) is 1. The summed E-state index contributed by atoms with van der Waals surface area (Å²) in [6.45, 7) is 3.05. The molecule has 0 aromatic heterocycles. The van der Waals surface area contributed by atoms with Gasteiger partial charge in [-0.25, -0.2) is 4.39 Å². The van der Waals surface area contributed by atoms with Gasteiger partial charge in [0.15, 0.2) is 11.6 Å². The molecule has 0 aliphatic heterocycles. The fourth-order valence-corrected chi connectivity index (χ4v) is 2.45. The first-order valence-electron chi connectivity index (χ1n) is 6.92. The van der Waals surface area contributed by atoms with Gasteiger partial charge in [-0.3, -0.25) is 0 Å². The Morgan fingerprint density at radius 2 is 2.26 bits per heavy atom. The minimum atomic E-state index is -0.297. The molecule has 3 heteroatoms. The number of ether oxygens (including phenoxy) is 1. The number of nitrogens with one attached hydrogen (secondary N) is 1. The smallest absolute Gasteiger partial charge is 0.165 e. The lowest BCUT2D eigenvalue weighted by atomic mass is 9.94. The summed E-state index contributed by atoms with van der Waals surface area (Å²) < 4.78 is 18.6. The van der Waals surface area contributed by atoms with E-state index in [0.717, 1.165) is 18.5 Å². The quantitative estimate of drug-likeness (QED) is 0.815. The first-order valence-corrected chi connectivity index (χ1v) is 6.92. The average molecular weight is 263 g/mol. The highest BCUT2D eigenvalue weighted by molar-refractivity contribution is 5.30. The Labute approximate surface area is 114 Å². The Morgan fingerprint density at radius 1 is 1.42 bits per heavy atom. The zero-order valence-corrected chi connectivity index (χ0v) is 11.7. The molecular formula is C16H22FNO. The van der Waals surface area contributed by atoms with Crippen LogP contribution >= 0.6 is 0 Å². The third kappa shape index (κ3) is 3.80. The highest BCUT2D eigenvalue weighted by Gasteiger charge is 2.13. The molecule has 0 fully saturated rings. The summed E-state index contributed by atoms with van der Waals surface area (Å²) >= 11 is 0. The monoisotopic (exact) mass is 263 g/mol. The van der Waals surface area contributed by atoms with Gasteiger partial charge in [0.05, 0.1) is 7.11 Å². The standard InChI is InChI=1S/C16H22FNO/c1-12(18-11-13-6-4-3-5-7-13)14-8-9-16(19-2)15(17)10-14/h3-4,8-10,12-13,18H,5-7,11H2,1-2H3. The summed E-state index contributed by atoms with van der Waals surface area (Å²) in [7, 11) is 1.48. The largest absolute Gasteiger partial charge is 0.494 e. The number of hydrogen-bond acceptors (Lipinski definition) is 2. The SMILES string of the molecule is COc1ccc(C(C)NCC2CC=CCC2)cc1F. The van der Waals surface area contributed by atoms with Crippen LogP contribution in [0, 0.1) is 11.7 Å². The van der Waals surface area contributed by atoms with E-state index in [-0.39, 0.29) is 11.9 Å². The molecule has 1 N–H and O–H groups in total. The second-order valence-electron chi connectivity index (χ2n) is 5.17. The highest BCUT2D eigenvalue weighted by atomic mass is 19.1. The van der Waals surface area contributed by atoms with Gasteiger partial charge in [-0.2, -0.15) is 0 Å². The van der Waals surface area contributed by atoms with E-state index in [1.807, 2.05) is 6.07 Å². The topological polar surface area (TPSA) is 21.3 Å². The van der Waals surface area contributed by atoms with Crippen molar-refractivity contribution in [1.29, 1.82) is 0 Å². The van der Waals surface area contributed by atoms with Crippen LogP contribution in [0.2, 0.25) is 0 Å². The number of allylic oxidation sites excluding steroid dienone is 2. The zero-order chi connectivity index (χ0) is 13.7. The van der Waals surface area contributed by atoms with Gasteiger partial charge in [0.2, 0.25) is 0 Å². The number of benzene rings is 1. The summed E-state index contributed by atoms with van der Waals surface area (Å²) in [5.74, 6) is 0.707. The molecule has 1 aromatic rings. The highest BCUT2D eigenvalue weighted by Crippen LogP contribution is 2.23. The first kappa shape index (κ1) is 14.1. The van der Waals surface area contributed by atoms with Gasteiger partial charge in [0, 0.05) is 6.04 Å². The number of methoxy groups -OCH3 is 1. The Kier molecular flexibility index (Phi) is 4.97. The predicted molar refractivity (Wildman–Crippen MR) is 75.9 cm³/mol. The Hall–Kier alpha value is -1.35. The molecular weight excluding hydrogens is 241 g/mol. The Balaban J connectivity index is 1.90. The first-order chi connectivity index (χ1) is 9.20. The van der Waals surface area contributed by atoms with Gasteiger partial charge in [-0.1, -0.05) is 18.2 Å². The van der Waals surface area contributed by atoms with Crippen molar-refractivity contribution in [1.82, 2.24) is 5.32 Å². The molecule has 0 saturated heterocycles. The van der Waals surface area contributed by atoms with Crippen LogP contribution in [0.5, 0.6) is 5.75 Å². The maximum atomic E-state index is 13.6. The van der Waals surface area contributed by atoms with Crippen LogP contribution in [0.3, 0.4) is 0 Å². The van der Waals surface area contributed by atoms with E-state index >= 15 is 0 Å². The van der Waals surface area contributed by atoms with Crippen LogP contribution in [-0.4, -0.2) is 13.7 Å². The molecule has 1 aliphatic carbocycles. The van der Waals surface area contributed by atoms with Crippen LogP contribution in [0.25, 0.3) is 0 Å². The Bertz CT molecular complexity index is 444. The zero-order valence-electron chi connectivity index (χ0n) is 11.7. The van der Waals surface area contributed by atoms with Crippen molar-refractivity contribution in [3.63, 3.8) is 0 Å². The third-order valence-corrected chi connectivity index (χ3v) is 3.77. The molecule has 1 aliphatic rings. The predicted octanol–water partition coefficient (Wildman–Crippen LogP) is 3.84. The normalized spacial score (nSPS) is 20.3. The lowest BCUT2D eigenvalue weighted by molar-refractivity contribution is 0.384. The van der Waals surface area contributed by atoms with Gasteiger partial charge >= 0.3 is 0 Å². The molecule has 0 saturated carbocycles. The molecule has 19 heavy (non-hydrogen) atoms. The lowest BCUT2D eigenvalue weighted by Gasteiger charge is -2.22. The van der Waals surface area contributed by atoms with Crippen molar-refractivity contribution in [2.24, 2.45) is 5.92 Å². The minimum absolute atomic E-state index is 0.159. The number of rotatable bonds is 5. The van der Waals surface area contributed by atoms with E-state index in [2.05, 4.69) is 24.4 Å². The molecule has 2 rings (SSSR count). The minimum Gasteiger partial charge on any atom is -0.494 e. The second-order valence-corrected chi connectivity index (χ2v) is 5.17. The van der Waals surface area contributed by atoms with Crippen LogP contribution in [-0.2, 0) is 0 Å². The average Bonchev–Trinajstić information content (AvgIpc) is 2.45. The molecule has 0 amide bonds. The van der Waals surface area contributed by atoms with Crippen LogP contribution < -0.4 is 10.1 Å². The molecule has 104 valence electrons. The second kappa shape index (κ2) is 6.71. The van der Waals surface area contributed by atoms with Crippen LogP contribution in [0.4, 0.5) is 4.39 Å². The molecule has 1 aromatic carbocycles. The molecule has 2 unspecified atom stereocenters. The van der Waals surface area contributed by atoms with Crippen molar-refractivity contribution in [2.75, 3.05) is 13.7 Å². The van der Waals surface area contributed by atoms with E-state index in [1.165, 1.54) is 20.0 Å². The molecule has 0 bridgehead atoms. The van der Waals surface area contributed by atoms with Crippen molar-refractivity contribution < 1.29 is 9.13 Å². The molecule has 0 radical (unpaired) electrons. The van der Waals surface area contributed by atoms with E-state index in [9.17, 15) is 4.39 Å². The van der Waals surface area contributed by atoms with Crippen LogP contribution in [0.1, 0.15) is 37.8 Å². The van der Waals surface area contributed by atoms with Crippen molar-refractivity contribution >= 4 is 0 Å². The Morgan fingerprint density at radius 3 is 2.89 bits per heavy atom. The lowest BCUT2D eigenvalue weighted by Crippen LogP contribution is -2.26. The third-order valence-electron chi connectivity index (χ3n) is 3.77. The van der Waals surface area contributed by atoms with Crippen LogP contribution in [0.15, 0.2) is 30.4 Å². The molecule has 0 heterocycles. The van der Waals surface area contributed by atoms with Gasteiger partial charge in [0.25, 0.3) is 0 Å². The van der Waals surface area contributed by atoms with E-state index in [1.54, 1.807) is 12.1 Å². The summed E-state index contributed by atoms with van der Waals surface area (Å²) in [5, 5.41) is 3.49. The number of halogens is 1. The van der Waals surface area contributed by atoms with Gasteiger partial charge in [-0.15, -0.1) is 0 Å². The van der Waals surface area contributed by atoms with E-state index in [0.29, 0.717) is 11.7 Å². The summed E-state index contributed by atoms with van der Waals surface area (Å²) in [6, 6.07) is 5.32. The summed E-state index contributed by atoms with van der Waals surface area (Å²) in [4.78, 5) is 0. The molecule has 0 spiro atoms. The van der Waals surface area contributed by atoms with Crippen molar-refractivity contribution in [3.8, 4) is 5.75 Å². The maximum absolute atomic E-state index is 13.6. The van der Waals surface area contributed by atoms with Crippen molar-refractivity contribution in [2.45, 2.75) is 32.2 Å². The van der Waals surface area contributed by atoms with Crippen molar-refractivity contribution in [3.05, 3.63) is 41.7 Å². The molecule has 2 atom stereocenters. The van der Waals surface area contributed by atoms with Gasteiger partial charge < -0.3 is 10.1 Å². The fourth-order valence-electron chi connectivity index (χ4n) is 2.45. The van der Waals surface area contributed by atoms with E-state index < -0.39 is 0 Å². The molecule has 2 nitrogen and oxygen atoms in total. The maximum Gasteiger partial charge on any atom is 0.165 e. The van der Waals surface area contributed by atoms with Gasteiger partial charge in [-0.05, 0) is 56.3 Å². The fraction of sp³-hybridized carbons (Fsp3) is 0.500. The summed E-state index contributed by atoms with van der Waals surface area (Å²) in [6.07, 6.45) is 8.08.